The Balaban J connectivity index is 1.57. The average molecular weight is 449 g/mol. The predicted octanol–water partition coefficient (Wildman–Crippen LogP) is 3.57. The number of thiophene rings is 1. The molecule has 2 unspecified atom stereocenters. The van der Waals surface area contributed by atoms with Crippen LogP contribution < -0.4 is 5.32 Å². The molecule has 30 heavy (non-hydrogen) atoms. The van der Waals surface area contributed by atoms with Gasteiger partial charge in [0.1, 0.15) is 11.9 Å². The van der Waals surface area contributed by atoms with Crippen LogP contribution in [0.15, 0.2) is 24.3 Å². The Morgan fingerprint density at radius 2 is 2.23 bits per heavy atom. The number of nitrogens with zero attached hydrogens (tertiary/aromatic N) is 2. The molecule has 160 valence electrons. The number of carbonyl (C=O) groups excluding carboxylic acids is 1. The van der Waals surface area contributed by atoms with Gasteiger partial charge in [-0.15, -0.1) is 11.3 Å². The fourth-order valence-corrected chi connectivity index (χ4v) is 5.23. The first-order valence-corrected chi connectivity index (χ1v) is 11.0. The molecule has 3 aromatic rings. The van der Waals surface area contributed by atoms with Crippen molar-refractivity contribution >= 4 is 39.9 Å². The molecular formula is C21H25ClN4O3S. The fraction of sp³-hybridized carbons (Fsp3) is 0.429. The molecule has 0 radical (unpaired) electrons. The summed E-state index contributed by atoms with van der Waals surface area (Å²) < 4.78 is 10.7. The molecule has 0 saturated heterocycles. The standard InChI is InChI=1S/C21H25ClN4O3S/c1-26-7-6-12-8-18(30-19(12)17(26)11-29-3)21(27)25-16(10-28-2)20-23-14-5-4-13(22)9-15(14)24-20/h4-5,8-9,16-17H,6-7,10-11H2,1-3H3,(H,23,24)(H,25,27). The molecule has 2 N–H and O–H groups in total. The molecule has 2 atom stereocenters. The Labute approximate surface area is 184 Å². The molecule has 0 fully saturated rings. The minimum Gasteiger partial charge on any atom is -0.383 e. The van der Waals surface area contributed by atoms with E-state index < -0.39 is 6.04 Å². The Morgan fingerprint density at radius 1 is 1.40 bits per heavy atom. The minimum absolute atomic E-state index is 0.131. The molecule has 9 heteroatoms. The Morgan fingerprint density at radius 3 is 3.00 bits per heavy atom. The molecule has 1 aromatic carbocycles. The third kappa shape index (κ3) is 4.24. The van der Waals surface area contributed by atoms with Crippen LogP contribution in [0.2, 0.25) is 5.02 Å². The third-order valence-corrected chi connectivity index (χ3v) is 6.90. The predicted molar refractivity (Wildman–Crippen MR) is 118 cm³/mol. The highest BCUT2D eigenvalue weighted by molar-refractivity contribution is 7.14. The van der Waals surface area contributed by atoms with Crippen molar-refractivity contribution in [2.75, 3.05) is 41.0 Å². The molecule has 0 bridgehead atoms. The zero-order valence-corrected chi connectivity index (χ0v) is 18.8. The lowest BCUT2D eigenvalue weighted by Crippen LogP contribution is -2.33. The molecule has 0 spiro atoms. The second kappa shape index (κ2) is 9.03. The van der Waals surface area contributed by atoms with Crippen LogP contribution in [0.3, 0.4) is 0 Å². The highest BCUT2D eigenvalue weighted by Crippen LogP contribution is 2.36. The maximum absolute atomic E-state index is 13.1. The largest absolute Gasteiger partial charge is 0.383 e. The van der Waals surface area contributed by atoms with Gasteiger partial charge in [-0.2, -0.15) is 0 Å². The smallest absolute Gasteiger partial charge is 0.262 e. The van der Waals surface area contributed by atoms with Crippen molar-refractivity contribution in [3.8, 4) is 0 Å². The highest BCUT2D eigenvalue weighted by atomic mass is 35.5. The number of H-pyrrole nitrogens is 1. The number of rotatable bonds is 7. The van der Waals surface area contributed by atoms with E-state index in [-0.39, 0.29) is 11.9 Å². The number of benzene rings is 1. The number of hydrogen-bond donors (Lipinski definition) is 2. The summed E-state index contributed by atoms with van der Waals surface area (Å²) in [6, 6.07) is 7.26. The summed E-state index contributed by atoms with van der Waals surface area (Å²) in [6.07, 6.45) is 0.932. The van der Waals surface area contributed by atoms with Crippen LogP contribution in [-0.4, -0.2) is 61.8 Å². The van der Waals surface area contributed by atoms with Gasteiger partial charge in [0.05, 0.1) is 35.2 Å². The van der Waals surface area contributed by atoms with Crippen LogP contribution in [-0.2, 0) is 15.9 Å². The van der Waals surface area contributed by atoms with Crippen molar-refractivity contribution < 1.29 is 14.3 Å². The number of hydrogen-bond acceptors (Lipinski definition) is 6. The summed E-state index contributed by atoms with van der Waals surface area (Å²) in [5.74, 6) is 0.509. The molecule has 1 aliphatic heterocycles. The SMILES string of the molecule is COCC(NC(=O)c1cc2c(s1)C(COC)N(C)CC2)c1nc2cc(Cl)ccc2[nH]1. The van der Waals surface area contributed by atoms with Crippen LogP contribution in [0.1, 0.15) is 38.0 Å². The number of imidazole rings is 1. The lowest BCUT2D eigenvalue weighted by atomic mass is 10.0. The number of likely N-dealkylation sites (N-methyl/N-ethyl adjacent to an activating group) is 1. The lowest BCUT2D eigenvalue weighted by molar-refractivity contribution is 0.0896. The zero-order chi connectivity index (χ0) is 21.3. The monoisotopic (exact) mass is 448 g/mol. The van der Waals surface area contributed by atoms with Crippen molar-refractivity contribution in [3.05, 3.63) is 50.4 Å². The van der Waals surface area contributed by atoms with Gasteiger partial charge in [-0.25, -0.2) is 4.98 Å². The van der Waals surface area contributed by atoms with Crippen LogP contribution in [0.25, 0.3) is 11.0 Å². The van der Waals surface area contributed by atoms with Gasteiger partial charge in [-0.05, 0) is 43.3 Å². The number of methoxy groups -OCH3 is 2. The molecule has 1 amide bonds. The number of halogens is 1. The van der Waals surface area contributed by atoms with Crippen molar-refractivity contribution in [3.63, 3.8) is 0 Å². The summed E-state index contributed by atoms with van der Waals surface area (Å²) in [4.78, 5) is 25.1. The van der Waals surface area contributed by atoms with E-state index in [2.05, 4.69) is 27.2 Å². The number of ether oxygens (including phenoxy) is 2. The molecule has 7 nitrogen and oxygen atoms in total. The van der Waals surface area contributed by atoms with Gasteiger partial charge < -0.3 is 19.8 Å². The Bertz CT molecular complexity index is 1050. The third-order valence-electron chi connectivity index (χ3n) is 5.39. The highest BCUT2D eigenvalue weighted by Gasteiger charge is 2.29. The van der Waals surface area contributed by atoms with E-state index in [0.717, 1.165) is 24.0 Å². The number of carbonyl (C=O) groups is 1. The number of amides is 1. The average Bonchev–Trinajstić information content (AvgIpc) is 3.34. The summed E-state index contributed by atoms with van der Waals surface area (Å²) in [5.41, 5.74) is 2.85. The number of fused-ring (bicyclic) bond motifs is 2. The zero-order valence-electron chi connectivity index (χ0n) is 17.2. The molecule has 0 aliphatic carbocycles. The minimum atomic E-state index is -0.398. The number of nitrogens with one attached hydrogen (secondary N) is 2. The molecule has 3 heterocycles. The fourth-order valence-electron chi connectivity index (χ4n) is 3.79. The second-order valence-corrected chi connectivity index (χ2v) is 8.99. The number of aromatic nitrogens is 2. The molecular weight excluding hydrogens is 424 g/mol. The van der Waals surface area contributed by atoms with Crippen molar-refractivity contribution in [2.24, 2.45) is 0 Å². The van der Waals surface area contributed by atoms with Gasteiger partial charge >= 0.3 is 0 Å². The maximum atomic E-state index is 13.1. The first-order valence-electron chi connectivity index (χ1n) is 9.77. The van der Waals surface area contributed by atoms with E-state index in [9.17, 15) is 4.79 Å². The second-order valence-electron chi connectivity index (χ2n) is 7.47. The van der Waals surface area contributed by atoms with Crippen molar-refractivity contribution in [1.29, 1.82) is 0 Å². The Kier molecular flexibility index (Phi) is 6.40. The van der Waals surface area contributed by atoms with Gasteiger partial charge in [0.25, 0.3) is 5.91 Å². The van der Waals surface area contributed by atoms with Gasteiger partial charge in [0.15, 0.2) is 0 Å². The molecule has 1 aliphatic rings. The first kappa shape index (κ1) is 21.3. The van der Waals surface area contributed by atoms with E-state index in [1.54, 1.807) is 26.4 Å². The van der Waals surface area contributed by atoms with E-state index in [1.807, 2.05) is 12.1 Å². The molecule has 4 rings (SSSR count). The first-order chi connectivity index (χ1) is 14.5. The topological polar surface area (TPSA) is 79.5 Å². The number of aromatic amines is 1. The van der Waals surface area contributed by atoms with E-state index in [0.29, 0.717) is 28.9 Å². The summed E-state index contributed by atoms with van der Waals surface area (Å²) in [6.45, 7) is 1.87. The molecule has 0 saturated carbocycles. The van der Waals surface area contributed by atoms with Crippen molar-refractivity contribution in [2.45, 2.75) is 18.5 Å². The maximum Gasteiger partial charge on any atom is 0.262 e. The van der Waals surface area contributed by atoms with Gasteiger partial charge in [0.2, 0.25) is 0 Å². The van der Waals surface area contributed by atoms with Crippen LogP contribution in [0.4, 0.5) is 0 Å². The quantitative estimate of drug-likeness (QED) is 0.577. The summed E-state index contributed by atoms with van der Waals surface area (Å²) in [5, 5.41) is 3.69. The van der Waals surface area contributed by atoms with Gasteiger partial charge in [0, 0.05) is 30.7 Å². The summed E-state index contributed by atoms with van der Waals surface area (Å²) >= 11 is 7.60. The Hall–Kier alpha value is -1.97. The normalized spacial score (nSPS) is 17.8. The summed E-state index contributed by atoms with van der Waals surface area (Å²) in [7, 11) is 5.40. The molecule has 2 aromatic heterocycles. The van der Waals surface area contributed by atoms with Crippen LogP contribution in [0.5, 0.6) is 0 Å². The van der Waals surface area contributed by atoms with Gasteiger partial charge in [-0.3, -0.25) is 9.69 Å². The van der Waals surface area contributed by atoms with E-state index in [4.69, 9.17) is 21.1 Å². The van der Waals surface area contributed by atoms with E-state index in [1.165, 1.54) is 21.8 Å². The van der Waals surface area contributed by atoms with Gasteiger partial charge in [-0.1, -0.05) is 11.6 Å². The lowest BCUT2D eigenvalue weighted by Gasteiger charge is -2.31. The van der Waals surface area contributed by atoms with E-state index >= 15 is 0 Å². The van der Waals surface area contributed by atoms with Crippen LogP contribution >= 0.6 is 22.9 Å². The van der Waals surface area contributed by atoms with Crippen LogP contribution in [0, 0.1) is 0 Å². The van der Waals surface area contributed by atoms with Crippen molar-refractivity contribution in [1.82, 2.24) is 20.2 Å².